The van der Waals surface area contributed by atoms with Crippen LogP contribution in [0.3, 0.4) is 0 Å². The van der Waals surface area contributed by atoms with Crippen molar-refractivity contribution in [2.45, 2.75) is 22.7 Å². The number of nitriles is 1. The Kier molecular flexibility index (Phi) is 8.59. The molecule has 0 aliphatic rings. The first kappa shape index (κ1) is 27.9. The van der Waals surface area contributed by atoms with E-state index in [9.17, 15) is 41.5 Å². The van der Waals surface area contributed by atoms with E-state index in [0.717, 1.165) is 7.05 Å². The van der Waals surface area contributed by atoms with Crippen LogP contribution in [-0.2, 0) is 10.9 Å². The van der Waals surface area contributed by atoms with Crippen molar-refractivity contribution in [3.8, 4) is 11.8 Å². The van der Waals surface area contributed by atoms with Gasteiger partial charge in [0.15, 0.2) is 11.5 Å². The maximum absolute atomic E-state index is 13.2. The van der Waals surface area contributed by atoms with Crippen LogP contribution in [0.5, 0.6) is 0 Å². The largest absolute Gasteiger partial charge is 0.446 e. The highest BCUT2D eigenvalue weighted by atomic mass is 35.5. The minimum atomic E-state index is -4.97. The third-order valence-electron chi connectivity index (χ3n) is 3.90. The van der Waals surface area contributed by atoms with Gasteiger partial charge in [0, 0.05) is 7.05 Å². The fraction of sp³-hybridized carbons (Fsp3) is 0.353. The van der Waals surface area contributed by atoms with Crippen molar-refractivity contribution in [1.82, 2.24) is 9.78 Å². The highest BCUT2D eigenvalue weighted by Gasteiger charge is 2.38. The van der Waals surface area contributed by atoms with Crippen LogP contribution in [0.15, 0.2) is 17.0 Å². The third kappa shape index (κ3) is 6.39. The number of ether oxygens (including phenoxy) is 1. The Morgan fingerprint density at radius 1 is 1.29 bits per heavy atom. The first-order valence-corrected chi connectivity index (χ1v) is 10.2. The lowest BCUT2D eigenvalue weighted by Crippen LogP contribution is -2.33. The lowest BCUT2D eigenvalue weighted by molar-refractivity contribution is -0.137. The average Bonchev–Trinajstić information content (AvgIpc) is 3.05. The minimum absolute atomic E-state index is 0.437. The molecule has 8 nitrogen and oxygen atoms in total. The quantitative estimate of drug-likeness (QED) is 0.397. The molecule has 0 spiro atoms. The van der Waals surface area contributed by atoms with Crippen molar-refractivity contribution >= 4 is 46.9 Å². The number of aliphatic hydroxyl groups is 2. The molecule has 34 heavy (non-hydrogen) atoms. The number of halogens is 8. The van der Waals surface area contributed by atoms with Crippen LogP contribution in [0.1, 0.15) is 11.3 Å². The van der Waals surface area contributed by atoms with E-state index in [1.165, 1.54) is 6.07 Å². The normalized spacial score (nSPS) is 12.9. The zero-order valence-corrected chi connectivity index (χ0v) is 18.9. The summed E-state index contributed by atoms with van der Waals surface area (Å²) in [6.45, 7) is -1.54. The summed E-state index contributed by atoms with van der Waals surface area (Å²) in [5.74, 6) is -0.758. The Morgan fingerprint density at radius 2 is 1.85 bits per heavy atom. The molecule has 0 aliphatic carbocycles. The van der Waals surface area contributed by atoms with Crippen LogP contribution in [0.2, 0.25) is 10.0 Å². The van der Waals surface area contributed by atoms with Crippen molar-refractivity contribution in [3.05, 3.63) is 33.4 Å². The van der Waals surface area contributed by atoms with Crippen molar-refractivity contribution in [2.24, 2.45) is 0 Å². The molecule has 0 bridgehead atoms. The fourth-order valence-electron chi connectivity index (χ4n) is 2.46. The lowest BCUT2D eigenvalue weighted by atomic mass is 10.2. The Bertz CT molecular complexity index is 1100. The van der Waals surface area contributed by atoms with Crippen LogP contribution in [0.4, 0.5) is 37.0 Å². The number of rotatable bonds is 6. The van der Waals surface area contributed by atoms with Crippen molar-refractivity contribution < 1.29 is 46.1 Å². The smallest absolute Gasteiger partial charge is 0.446 e. The first-order valence-electron chi connectivity index (χ1n) is 8.65. The second-order valence-corrected chi connectivity index (χ2v) is 8.22. The number of carbonyl (C=O) groups excluding carboxylic acids is 1. The van der Waals surface area contributed by atoms with Gasteiger partial charge in [0.25, 0.3) is 0 Å². The van der Waals surface area contributed by atoms with Gasteiger partial charge < -0.3 is 14.9 Å². The molecule has 1 amide bonds. The van der Waals surface area contributed by atoms with Crippen LogP contribution in [0.25, 0.3) is 5.69 Å². The summed E-state index contributed by atoms with van der Waals surface area (Å²) in [6, 6.07) is 2.28. The molecule has 1 atom stereocenters. The summed E-state index contributed by atoms with van der Waals surface area (Å²) in [7, 11) is 0.911. The standard InChI is InChI=1S/C17H12Cl2F6N4O4S/c1-28(15(32)33-6-8(31)5-30)14-13(34-17(23,24)25)11(4-26)27-29(14)12-9(18)2-7(3-10(12)19)16(20,21)22/h2-3,8,30-31H,5-6H2,1H3. The number of amides is 1. The number of aliphatic hydroxyl groups excluding tert-OH is 2. The molecule has 1 aromatic carbocycles. The summed E-state index contributed by atoms with van der Waals surface area (Å²) in [5.41, 5.74) is -7.64. The molecule has 2 N–H and O–H groups in total. The van der Waals surface area contributed by atoms with Gasteiger partial charge in [-0.2, -0.15) is 36.7 Å². The molecule has 1 unspecified atom stereocenters. The number of anilines is 1. The highest BCUT2D eigenvalue weighted by Crippen LogP contribution is 2.46. The van der Waals surface area contributed by atoms with E-state index in [0.29, 0.717) is 21.7 Å². The number of nitrogens with zero attached hydrogens (tertiary/aromatic N) is 4. The summed E-state index contributed by atoms with van der Waals surface area (Å²) in [5, 5.41) is 29.7. The van der Waals surface area contributed by atoms with E-state index < -0.39 is 86.6 Å². The topological polar surface area (TPSA) is 112 Å². The number of carbonyl (C=O) groups is 1. The van der Waals surface area contributed by atoms with Gasteiger partial charge in [-0.1, -0.05) is 23.2 Å². The van der Waals surface area contributed by atoms with Crippen molar-refractivity contribution in [1.29, 1.82) is 5.26 Å². The zero-order valence-electron chi connectivity index (χ0n) is 16.6. The van der Waals surface area contributed by atoms with Gasteiger partial charge in [-0.15, -0.1) is 0 Å². The molecule has 0 aliphatic heterocycles. The number of hydrogen-bond donors (Lipinski definition) is 2. The summed E-state index contributed by atoms with van der Waals surface area (Å²) in [6.07, 6.45) is -7.72. The molecular weight excluding hydrogens is 541 g/mol. The number of thioether (sulfide) groups is 1. The van der Waals surface area contributed by atoms with Crippen LogP contribution in [-0.4, -0.2) is 58.0 Å². The Morgan fingerprint density at radius 3 is 2.29 bits per heavy atom. The van der Waals surface area contributed by atoms with E-state index >= 15 is 0 Å². The van der Waals surface area contributed by atoms with Gasteiger partial charge in [-0.05, 0) is 23.9 Å². The van der Waals surface area contributed by atoms with Gasteiger partial charge >= 0.3 is 17.8 Å². The Hall–Kier alpha value is -2.38. The fourth-order valence-corrected chi connectivity index (χ4v) is 3.84. The number of alkyl halides is 6. The molecule has 1 aromatic heterocycles. The monoisotopic (exact) mass is 552 g/mol. The van der Waals surface area contributed by atoms with E-state index in [4.69, 9.17) is 33.0 Å². The molecule has 2 aromatic rings. The lowest BCUT2D eigenvalue weighted by Gasteiger charge is -2.22. The van der Waals surface area contributed by atoms with E-state index in [1.807, 2.05) is 0 Å². The van der Waals surface area contributed by atoms with Gasteiger partial charge in [0.1, 0.15) is 24.5 Å². The van der Waals surface area contributed by atoms with Crippen LogP contribution in [0, 0.1) is 11.3 Å². The molecular formula is C17H12Cl2F6N4O4S. The minimum Gasteiger partial charge on any atom is -0.446 e. The molecule has 2 rings (SSSR count). The van der Waals surface area contributed by atoms with Crippen molar-refractivity contribution in [2.75, 3.05) is 25.2 Å². The van der Waals surface area contributed by atoms with Gasteiger partial charge in [-0.25, -0.2) is 9.48 Å². The third-order valence-corrected chi connectivity index (χ3v) is 5.29. The molecule has 1 heterocycles. The summed E-state index contributed by atoms with van der Waals surface area (Å²) < 4.78 is 84.0. The van der Waals surface area contributed by atoms with Crippen LogP contribution < -0.4 is 4.90 Å². The molecule has 0 saturated carbocycles. The number of aromatic nitrogens is 2. The maximum Gasteiger partial charge on any atom is 0.446 e. The molecule has 0 saturated heterocycles. The summed E-state index contributed by atoms with van der Waals surface area (Å²) in [4.78, 5) is 12.0. The second-order valence-electron chi connectivity index (χ2n) is 6.33. The Labute approximate surface area is 201 Å². The number of hydrogen-bond acceptors (Lipinski definition) is 7. The molecule has 186 valence electrons. The zero-order chi connectivity index (χ0) is 26.0. The van der Waals surface area contributed by atoms with E-state index in [2.05, 4.69) is 5.10 Å². The van der Waals surface area contributed by atoms with Gasteiger partial charge in [0.2, 0.25) is 0 Å². The van der Waals surface area contributed by atoms with Gasteiger partial charge in [0.05, 0.1) is 27.1 Å². The van der Waals surface area contributed by atoms with Crippen LogP contribution >= 0.6 is 35.0 Å². The predicted molar refractivity (Wildman–Crippen MR) is 108 cm³/mol. The predicted octanol–water partition coefficient (Wildman–Crippen LogP) is 4.61. The number of benzene rings is 1. The average molecular weight is 553 g/mol. The highest BCUT2D eigenvalue weighted by molar-refractivity contribution is 8.00. The molecule has 0 fully saturated rings. The first-order chi connectivity index (χ1) is 15.6. The van der Waals surface area contributed by atoms with Crippen molar-refractivity contribution in [3.63, 3.8) is 0 Å². The SMILES string of the molecule is CN(C(=O)OCC(O)CO)c1c(SC(F)(F)F)c(C#N)nn1-c1c(Cl)cc(C(F)(F)F)cc1Cl. The summed E-state index contributed by atoms with van der Waals surface area (Å²) >= 11 is 11.1. The maximum atomic E-state index is 13.2. The second kappa shape index (κ2) is 10.5. The van der Waals surface area contributed by atoms with E-state index in [1.54, 1.807) is 0 Å². The Balaban J connectivity index is 2.75. The van der Waals surface area contributed by atoms with Gasteiger partial charge in [-0.3, -0.25) is 4.90 Å². The van der Waals surface area contributed by atoms with E-state index in [-0.39, 0.29) is 0 Å². The molecule has 0 radical (unpaired) electrons. The molecule has 17 heteroatoms.